The van der Waals surface area contributed by atoms with Gasteiger partial charge in [0.15, 0.2) is 6.61 Å². The second-order valence-corrected chi connectivity index (χ2v) is 6.05. The molecule has 24 heavy (non-hydrogen) atoms. The number of hydrogen-bond donors (Lipinski definition) is 1. The molecular formula is C16H17ClN4O3. The Kier molecular flexibility index (Phi) is 4.71. The van der Waals surface area contributed by atoms with E-state index in [2.05, 4.69) is 10.3 Å². The molecule has 126 valence electrons. The van der Waals surface area contributed by atoms with Crippen LogP contribution in [-0.2, 0) is 16.1 Å². The molecule has 7 nitrogen and oxygen atoms in total. The molecule has 2 aromatic rings. The summed E-state index contributed by atoms with van der Waals surface area (Å²) in [6.45, 7) is 2.32. The Balaban J connectivity index is 1.65. The fourth-order valence-corrected chi connectivity index (χ4v) is 2.74. The van der Waals surface area contributed by atoms with Crippen molar-refractivity contribution < 1.29 is 14.3 Å². The van der Waals surface area contributed by atoms with Crippen molar-refractivity contribution in [3.05, 3.63) is 41.9 Å². The number of rotatable bonds is 5. The van der Waals surface area contributed by atoms with Crippen LogP contribution in [0.15, 0.2) is 36.9 Å². The Bertz CT molecular complexity index is 748. The number of benzene rings is 1. The highest BCUT2D eigenvalue weighted by molar-refractivity contribution is 6.31. The number of imidazole rings is 1. The number of halogens is 1. The highest BCUT2D eigenvalue weighted by Crippen LogP contribution is 2.34. The maximum absolute atomic E-state index is 12.3. The van der Waals surface area contributed by atoms with Gasteiger partial charge in [-0.2, -0.15) is 0 Å². The number of hydrogen-bond acceptors (Lipinski definition) is 4. The first-order valence-corrected chi connectivity index (χ1v) is 7.88. The van der Waals surface area contributed by atoms with E-state index < -0.39 is 0 Å². The van der Waals surface area contributed by atoms with Crippen molar-refractivity contribution in [2.75, 3.05) is 18.1 Å². The van der Waals surface area contributed by atoms with E-state index in [0.29, 0.717) is 23.0 Å². The minimum Gasteiger partial charge on any atom is -0.482 e. The van der Waals surface area contributed by atoms with E-state index in [1.807, 2.05) is 17.7 Å². The van der Waals surface area contributed by atoms with Crippen molar-refractivity contribution in [2.45, 2.75) is 19.5 Å². The Labute approximate surface area is 144 Å². The summed E-state index contributed by atoms with van der Waals surface area (Å²) in [6, 6.07) is 4.90. The van der Waals surface area contributed by atoms with Crippen molar-refractivity contribution >= 4 is 29.1 Å². The number of aromatic nitrogens is 2. The highest BCUT2D eigenvalue weighted by Gasteiger charge is 2.27. The van der Waals surface area contributed by atoms with Crippen LogP contribution in [0.1, 0.15) is 6.92 Å². The van der Waals surface area contributed by atoms with Crippen molar-refractivity contribution in [1.82, 2.24) is 14.9 Å². The minimum atomic E-state index is -0.276. The molecule has 1 atom stereocenters. The number of carbonyl (C=O) groups is 2. The van der Waals surface area contributed by atoms with Crippen molar-refractivity contribution in [2.24, 2.45) is 0 Å². The second kappa shape index (κ2) is 6.92. The minimum absolute atomic E-state index is 0.0796. The quantitative estimate of drug-likeness (QED) is 0.887. The van der Waals surface area contributed by atoms with E-state index in [-0.39, 0.29) is 31.0 Å². The van der Waals surface area contributed by atoms with Crippen LogP contribution >= 0.6 is 11.6 Å². The van der Waals surface area contributed by atoms with Gasteiger partial charge in [-0.25, -0.2) is 4.98 Å². The van der Waals surface area contributed by atoms with Crippen LogP contribution in [0, 0.1) is 0 Å². The predicted octanol–water partition coefficient (Wildman–Crippen LogP) is 1.47. The van der Waals surface area contributed by atoms with Gasteiger partial charge in [-0.3, -0.25) is 14.5 Å². The van der Waals surface area contributed by atoms with Crippen LogP contribution < -0.4 is 15.0 Å². The number of anilines is 1. The molecule has 3 rings (SSSR count). The smallest absolute Gasteiger partial charge is 0.265 e. The van der Waals surface area contributed by atoms with Crippen molar-refractivity contribution in [1.29, 1.82) is 0 Å². The van der Waals surface area contributed by atoms with Gasteiger partial charge in [0.25, 0.3) is 5.91 Å². The van der Waals surface area contributed by atoms with E-state index in [0.717, 1.165) is 0 Å². The Morgan fingerprint density at radius 1 is 1.50 bits per heavy atom. The van der Waals surface area contributed by atoms with Crippen LogP contribution in [-0.4, -0.2) is 40.6 Å². The third-order valence-electron chi connectivity index (χ3n) is 3.62. The molecular weight excluding hydrogens is 332 g/mol. The van der Waals surface area contributed by atoms with Gasteiger partial charge in [-0.15, -0.1) is 0 Å². The summed E-state index contributed by atoms with van der Waals surface area (Å²) in [7, 11) is 0. The zero-order valence-corrected chi connectivity index (χ0v) is 13.9. The lowest BCUT2D eigenvalue weighted by molar-refractivity contribution is -0.125. The summed E-state index contributed by atoms with van der Waals surface area (Å²) in [4.78, 5) is 29.8. The molecule has 1 aliphatic rings. The second-order valence-electron chi connectivity index (χ2n) is 5.61. The van der Waals surface area contributed by atoms with Crippen molar-refractivity contribution in [3.8, 4) is 5.75 Å². The predicted molar refractivity (Wildman–Crippen MR) is 89.1 cm³/mol. The lowest BCUT2D eigenvalue weighted by Gasteiger charge is -2.29. The Hall–Kier alpha value is -2.54. The lowest BCUT2D eigenvalue weighted by Crippen LogP contribution is -2.47. The number of amides is 2. The third kappa shape index (κ3) is 3.68. The van der Waals surface area contributed by atoms with E-state index in [9.17, 15) is 9.59 Å². The molecule has 0 saturated carbocycles. The molecule has 1 aromatic carbocycles. The summed E-state index contributed by atoms with van der Waals surface area (Å²) in [5, 5.41) is 3.35. The molecule has 0 unspecified atom stereocenters. The largest absolute Gasteiger partial charge is 0.482 e. The van der Waals surface area contributed by atoms with Crippen LogP contribution in [0.25, 0.3) is 0 Å². The van der Waals surface area contributed by atoms with Gasteiger partial charge in [0, 0.05) is 30.0 Å². The van der Waals surface area contributed by atoms with Gasteiger partial charge in [0.1, 0.15) is 12.3 Å². The Morgan fingerprint density at radius 3 is 3.08 bits per heavy atom. The first-order valence-electron chi connectivity index (χ1n) is 7.51. The Morgan fingerprint density at radius 2 is 2.33 bits per heavy atom. The number of nitrogens with one attached hydrogen (secondary N) is 1. The molecule has 1 aromatic heterocycles. The molecule has 1 aliphatic heterocycles. The van der Waals surface area contributed by atoms with E-state index in [1.165, 1.54) is 4.90 Å². The van der Waals surface area contributed by atoms with E-state index >= 15 is 0 Å². The zero-order valence-electron chi connectivity index (χ0n) is 13.1. The maximum atomic E-state index is 12.3. The number of nitrogens with zero attached hydrogens (tertiary/aromatic N) is 3. The molecule has 2 amide bonds. The van der Waals surface area contributed by atoms with Gasteiger partial charge in [0.05, 0.1) is 12.0 Å². The van der Waals surface area contributed by atoms with Gasteiger partial charge < -0.3 is 14.6 Å². The average molecular weight is 349 g/mol. The van der Waals surface area contributed by atoms with Crippen LogP contribution in [0.3, 0.4) is 0 Å². The standard InChI is InChI=1S/C16H17ClN4O3/c1-11(7-20-5-4-18-10-20)19-15(22)8-21-13-6-12(17)2-3-14(13)24-9-16(21)23/h2-6,10-11H,7-9H2,1H3,(H,19,22)/t11-/m1/s1. The molecule has 0 radical (unpaired) electrons. The van der Waals surface area contributed by atoms with Crippen LogP contribution in [0.2, 0.25) is 5.02 Å². The summed E-state index contributed by atoms with van der Waals surface area (Å²) in [5.41, 5.74) is 0.510. The first-order chi connectivity index (χ1) is 11.5. The third-order valence-corrected chi connectivity index (χ3v) is 3.85. The van der Waals surface area contributed by atoms with Gasteiger partial charge in [-0.05, 0) is 25.1 Å². The number of fused-ring (bicyclic) bond motifs is 1. The fourth-order valence-electron chi connectivity index (χ4n) is 2.57. The molecule has 0 bridgehead atoms. The molecule has 0 saturated heterocycles. The van der Waals surface area contributed by atoms with Crippen molar-refractivity contribution in [3.63, 3.8) is 0 Å². The summed E-state index contributed by atoms with van der Waals surface area (Å²) in [5.74, 6) is 0.0178. The van der Waals surface area contributed by atoms with Gasteiger partial charge in [0.2, 0.25) is 5.91 Å². The maximum Gasteiger partial charge on any atom is 0.265 e. The molecule has 1 N–H and O–H groups in total. The average Bonchev–Trinajstić information content (AvgIpc) is 3.03. The summed E-state index contributed by atoms with van der Waals surface area (Å²) in [6.07, 6.45) is 5.19. The zero-order chi connectivity index (χ0) is 17.1. The highest BCUT2D eigenvalue weighted by atomic mass is 35.5. The van der Waals surface area contributed by atoms with Crippen LogP contribution in [0.5, 0.6) is 5.75 Å². The lowest BCUT2D eigenvalue weighted by atomic mass is 10.2. The topological polar surface area (TPSA) is 76.5 Å². The number of carbonyl (C=O) groups excluding carboxylic acids is 2. The molecule has 8 heteroatoms. The molecule has 2 heterocycles. The normalized spacial score (nSPS) is 14.8. The van der Waals surface area contributed by atoms with Gasteiger partial charge >= 0.3 is 0 Å². The SMILES string of the molecule is C[C@H](Cn1ccnc1)NC(=O)CN1C(=O)COc2ccc(Cl)cc21. The molecule has 0 spiro atoms. The monoisotopic (exact) mass is 348 g/mol. The fraction of sp³-hybridized carbons (Fsp3) is 0.312. The summed E-state index contributed by atoms with van der Waals surface area (Å²) < 4.78 is 7.24. The first kappa shape index (κ1) is 16.3. The number of ether oxygens (including phenoxy) is 1. The van der Waals surface area contributed by atoms with E-state index in [1.54, 1.807) is 30.7 Å². The van der Waals surface area contributed by atoms with Gasteiger partial charge in [-0.1, -0.05) is 11.6 Å². The van der Waals surface area contributed by atoms with E-state index in [4.69, 9.17) is 16.3 Å². The molecule has 0 fully saturated rings. The molecule has 0 aliphatic carbocycles. The van der Waals surface area contributed by atoms with Crippen LogP contribution in [0.4, 0.5) is 5.69 Å². The summed E-state index contributed by atoms with van der Waals surface area (Å²) >= 11 is 5.99.